The molecule has 1 N–H and O–H groups in total. The maximum Gasteiger partial charge on any atom is 0.0991 e. The monoisotopic (exact) mass is 347 g/mol. The fourth-order valence-corrected chi connectivity index (χ4v) is 5.63. The first-order valence-corrected chi connectivity index (χ1v) is 10.2. The van der Waals surface area contributed by atoms with Crippen LogP contribution in [-0.4, -0.2) is 31.4 Å². The molecule has 0 amide bonds. The van der Waals surface area contributed by atoms with E-state index in [0.29, 0.717) is 12.0 Å². The van der Waals surface area contributed by atoms with Crippen molar-refractivity contribution in [2.45, 2.75) is 24.1 Å². The highest BCUT2D eigenvalue weighted by Crippen LogP contribution is 2.48. The van der Waals surface area contributed by atoms with E-state index in [-0.39, 0.29) is 0 Å². The summed E-state index contributed by atoms with van der Waals surface area (Å²) in [7, 11) is 0. The first-order valence-electron chi connectivity index (χ1n) is 9.07. The van der Waals surface area contributed by atoms with Crippen molar-refractivity contribution in [2.75, 3.05) is 30.3 Å². The first kappa shape index (κ1) is 15.3. The van der Waals surface area contributed by atoms with Crippen LogP contribution in [0.25, 0.3) is 11.1 Å². The van der Waals surface area contributed by atoms with E-state index in [4.69, 9.17) is 0 Å². The summed E-state index contributed by atoms with van der Waals surface area (Å²) in [6.45, 7) is 3.39. The van der Waals surface area contributed by atoms with E-state index >= 15 is 0 Å². The Balaban J connectivity index is 1.68. The van der Waals surface area contributed by atoms with E-state index in [1.165, 1.54) is 41.1 Å². The second kappa shape index (κ2) is 6.09. The highest BCUT2D eigenvalue weighted by atomic mass is 32.2. The number of rotatable bonds is 1. The minimum Gasteiger partial charge on any atom is -0.367 e. The summed E-state index contributed by atoms with van der Waals surface area (Å²) in [4.78, 5) is 2.70. The van der Waals surface area contributed by atoms with Gasteiger partial charge in [-0.1, -0.05) is 12.1 Å². The van der Waals surface area contributed by atoms with E-state index in [1.54, 1.807) is 0 Å². The van der Waals surface area contributed by atoms with Crippen LogP contribution >= 0.6 is 11.8 Å². The lowest BCUT2D eigenvalue weighted by Gasteiger charge is -2.33. The minimum atomic E-state index is 0.602. The molecule has 0 aromatic heterocycles. The molecule has 126 valence electrons. The van der Waals surface area contributed by atoms with Gasteiger partial charge in [-0.2, -0.15) is 17.0 Å². The van der Waals surface area contributed by atoms with Crippen molar-refractivity contribution in [3.05, 3.63) is 53.1 Å². The van der Waals surface area contributed by atoms with Gasteiger partial charge < -0.3 is 10.2 Å². The van der Waals surface area contributed by atoms with Crippen molar-refractivity contribution in [3.63, 3.8) is 0 Å². The van der Waals surface area contributed by atoms with Gasteiger partial charge in [-0.05, 0) is 59.5 Å². The van der Waals surface area contributed by atoms with E-state index in [1.807, 2.05) is 30.0 Å². The van der Waals surface area contributed by atoms with Crippen molar-refractivity contribution in [1.82, 2.24) is 5.32 Å². The van der Waals surface area contributed by atoms with E-state index < -0.39 is 0 Å². The summed E-state index contributed by atoms with van der Waals surface area (Å²) in [5.41, 5.74) is 7.67. The van der Waals surface area contributed by atoms with Crippen molar-refractivity contribution in [3.8, 4) is 17.2 Å². The van der Waals surface area contributed by atoms with E-state index in [0.717, 1.165) is 30.0 Å². The molecule has 1 saturated heterocycles. The molecule has 2 atom stereocenters. The van der Waals surface area contributed by atoms with Gasteiger partial charge in [0, 0.05) is 42.2 Å². The van der Waals surface area contributed by atoms with Gasteiger partial charge in [0.2, 0.25) is 0 Å². The molecule has 3 aliphatic heterocycles. The maximum absolute atomic E-state index is 9.23. The first-order chi connectivity index (χ1) is 12.3. The summed E-state index contributed by atoms with van der Waals surface area (Å²) >= 11 is 2.05. The maximum atomic E-state index is 9.23. The molecule has 0 aliphatic carbocycles. The molecule has 2 aromatic rings. The molecular weight excluding hydrogens is 326 g/mol. The molecule has 3 aliphatic rings. The number of piperidine rings is 1. The van der Waals surface area contributed by atoms with Crippen LogP contribution in [0.1, 0.15) is 29.0 Å². The van der Waals surface area contributed by atoms with Gasteiger partial charge in [-0.25, -0.2) is 0 Å². The lowest BCUT2D eigenvalue weighted by Crippen LogP contribution is -2.44. The van der Waals surface area contributed by atoms with Crippen LogP contribution < -0.4 is 10.2 Å². The molecule has 0 spiro atoms. The Morgan fingerprint density at radius 3 is 3.08 bits per heavy atom. The number of hydrogen-bond donors (Lipinski definition) is 1. The molecule has 0 unspecified atom stereocenters. The van der Waals surface area contributed by atoms with E-state index in [2.05, 4.69) is 34.5 Å². The van der Waals surface area contributed by atoms with Crippen molar-refractivity contribution in [1.29, 1.82) is 5.26 Å². The van der Waals surface area contributed by atoms with Crippen LogP contribution in [0.5, 0.6) is 0 Å². The molecule has 25 heavy (non-hydrogen) atoms. The van der Waals surface area contributed by atoms with Gasteiger partial charge in [0.1, 0.15) is 0 Å². The lowest BCUT2D eigenvalue weighted by atomic mass is 9.88. The van der Waals surface area contributed by atoms with Crippen molar-refractivity contribution < 1.29 is 0 Å². The average Bonchev–Trinajstić information content (AvgIpc) is 2.83. The summed E-state index contributed by atoms with van der Waals surface area (Å²) in [5.74, 6) is 2.91. The molecule has 0 radical (unpaired) electrons. The van der Waals surface area contributed by atoms with Crippen LogP contribution in [0.15, 0.2) is 36.4 Å². The smallest absolute Gasteiger partial charge is 0.0991 e. The normalized spacial score (nSPS) is 24.2. The Bertz CT molecular complexity index is 870. The Hall–Kier alpha value is -1.96. The van der Waals surface area contributed by atoms with Crippen LogP contribution in [-0.2, 0) is 5.75 Å². The zero-order chi connectivity index (χ0) is 16.8. The standard InChI is InChI=1S/C21H21N3S/c22-11-14-2-1-3-15(8-14)16-9-17-13-25-7-6-24-20-4-5-23-12-19(20)18(10-16)21(17)24/h1-3,8-10,19-20,23H,4-7,12-13H2/t19-,20-/m0/s1. The lowest BCUT2D eigenvalue weighted by molar-refractivity contribution is 0.406. The second-order valence-corrected chi connectivity index (χ2v) is 8.28. The third-order valence-electron chi connectivity index (χ3n) is 5.81. The number of nitrogens with zero attached hydrogens (tertiary/aromatic N) is 2. The number of nitrogens with one attached hydrogen (secondary N) is 1. The largest absolute Gasteiger partial charge is 0.367 e. The SMILES string of the molecule is N#Cc1cccc(-c2cc3c4c(c2)[C@@H]2CNCC[C@@H]2N4CCSC3)c1. The minimum absolute atomic E-state index is 0.602. The number of fused-ring (bicyclic) bond motifs is 3. The number of benzene rings is 2. The Labute approximate surface area is 153 Å². The van der Waals surface area contributed by atoms with Crippen LogP contribution in [0.2, 0.25) is 0 Å². The fourth-order valence-electron chi connectivity index (χ4n) is 4.72. The van der Waals surface area contributed by atoms with E-state index in [9.17, 15) is 5.26 Å². The Kier molecular flexibility index (Phi) is 3.73. The fraction of sp³-hybridized carbons (Fsp3) is 0.381. The molecule has 3 nitrogen and oxygen atoms in total. The molecule has 4 heteroatoms. The van der Waals surface area contributed by atoms with Gasteiger partial charge in [-0.3, -0.25) is 0 Å². The van der Waals surface area contributed by atoms with Gasteiger partial charge in [0.15, 0.2) is 0 Å². The summed E-state index contributed by atoms with van der Waals surface area (Å²) < 4.78 is 0. The molecule has 5 rings (SSSR count). The topological polar surface area (TPSA) is 39.1 Å². The van der Waals surface area contributed by atoms with Gasteiger partial charge >= 0.3 is 0 Å². The Morgan fingerprint density at radius 1 is 1.20 bits per heavy atom. The second-order valence-electron chi connectivity index (χ2n) is 7.18. The summed E-state index contributed by atoms with van der Waals surface area (Å²) in [6.07, 6.45) is 1.24. The van der Waals surface area contributed by atoms with Crippen molar-refractivity contribution >= 4 is 17.4 Å². The number of hydrogen-bond acceptors (Lipinski definition) is 4. The summed E-state index contributed by atoms with van der Waals surface area (Å²) in [5, 5.41) is 12.8. The van der Waals surface area contributed by atoms with Gasteiger partial charge in [0.05, 0.1) is 11.6 Å². The number of anilines is 1. The third-order valence-corrected chi connectivity index (χ3v) is 6.80. The third kappa shape index (κ3) is 2.46. The molecule has 0 saturated carbocycles. The predicted molar refractivity (Wildman–Crippen MR) is 104 cm³/mol. The zero-order valence-electron chi connectivity index (χ0n) is 14.2. The summed E-state index contributed by atoms with van der Waals surface area (Å²) in [6, 6.07) is 15.7. The molecule has 0 bridgehead atoms. The molecule has 1 fully saturated rings. The van der Waals surface area contributed by atoms with Crippen molar-refractivity contribution in [2.24, 2.45) is 0 Å². The predicted octanol–water partition coefficient (Wildman–Crippen LogP) is 3.74. The number of thioether (sulfide) groups is 1. The number of nitriles is 1. The Morgan fingerprint density at radius 2 is 2.16 bits per heavy atom. The molecular formula is C21H21N3S. The van der Waals surface area contributed by atoms with Gasteiger partial charge in [0.25, 0.3) is 0 Å². The quantitative estimate of drug-likeness (QED) is 0.853. The molecule has 2 aromatic carbocycles. The highest BCUT2D eigenvalue weighted by Gasteiger charge is 2.41. The average molecular weight is 347 g/mol. The highest BCUT2D eigenvalue weighted by molar-refractivity contribution is 7.98. The van der Waals surface area contributed by atoms with Crippen LogP contribution in [0.3, 0.4) is 0 Å². The molecule has 3 heterocycles. The van der Waals surface area contributed by atoms with Crippen LogP contribution in [0.4, 0.5) is 5.69 Å². The zero-order valence-corrected chi connectivity index (χ0v) is 15.0. The van der Waals surface area contributed by atoms with Gasteiger partial charge in [-0.15, -0.1) is 0 Å². The van der Waals surface area contributed by atoms with Crippen LogP contribution in [0, 0.1) is 11.3 Å².